The lowest BCUT2D eigenvalue weighted by Gasteiger charge is -2.20. The first-order valence-electron chi connectivity index (χ1n) is 15.7. The van der Waals surface area contributed by atoms with E-state index in [2.05, 4.69) is 72.8 Å². The van der Waals surface area contributed by atoms with Crippen molar-refractivity contribution in [3.05, 3.63) is 96.1 Å². The molecule has 0 aromatic heterocycles. The Labute approximate surface area is 260 Å². The van der Waals surface area contributed by atoms with Crippen LogP contribution in [-0.2, 0) is 14.2 Å². The van der Waals surface area contributed by atoms with Crippen LogP contribution in [-0.4, -0.2) is 25.3 Å². The number of hydrogen-bond donors (Lipinski definition) is 0. The first kappa shape index (κ1) is 35.6. The van der Waals surface area contributed by atoms with Crippen molar-refractivity contribution in [3.63, 3.8) is 0 Å². The van der Waals surface area contributed by atoms with E-state index >= 15 is 0 Å². The van der Waals surface area contributed by atoms with Crippen LogP contribution < -0.4 is 0 Å². The Bertz CT molecular complexity index is 815. The van der Waals surface area contributed by atoms with E-state index in [4.69, 9.17) is 37.4 Å². The van der Waals surface area contributed by atoms with Gasteiger partial charge in [-0.05, 0) is 75.3 Å². The Hall–Kier alpha value is -1.62. The van der Waals surface area contributed by atoms with Crippen LogP contribution in [0.1, 0.15) is 113 Å². The van der Waals surface area contributed by atoms with Crippen molar-refractivity contribution in [1.29, 1.82) is 0 Å². The van der Waals surface area contributed by atoms with Gasteiger partial charge in [0.25, 0.3) is 0 Å². The molecule has 41 heavy (non-hydrogen) atoms. The van der Waals surface area contributed by atoms with Crippen molar-refractivity contribution in [2.75, 3.05) is 25.3 Å². The third-order valence-corrected chi connectivity index (χ3v) is 7.62. The van der Waals surface area contributed by atoms with E-state index in [1.54, 1.807) is 0 Å². The highest BCUT2D eigenvalue weighted by molar-refractivity contribution is 6.18. The molecular weight excluding hydrogens is 551 g/mol. The van der Waals surface area contributed by atoms with E-state index < -0.39 is 0 Å². The zero-order valence-corrected chi connectivity index (χ0v) is 26.5. The zero-order valence-electron chi connectivity index (χ0n) is 24.9. The van der Waals surface area contributed by atoms with Gasteiger partial charge < -0.3 is 14.2 Å². The molecule has 0 amide bonds. The van der Waals surface area contributed by atoms with Gasteiger partial charge in [-0.2, -0.15) is 0 Å². The van der Waals surface area contributed by atoms with E-state index in [1.165, 1.54) is 49.7 Å². The minimum absolute atomic E-state index is 0.00503. The standard InChI is InChI=1S/C36H52Cl2O3/c37-29-21-11-7-3-1-5-9-19-27-35(33-23-15-13-16-24-33)40-31-39-32-41-36(34-25-17-14-18-26-34)28-20-10-6-2-4-8-12-22-30-38/h5-6,9-10,13-18,23-26,35-36H,1-4,7-8,11-12,19-22,27-32H2. The molecule has 2 aromatic carbocycles. The number of unbranched alkanes of at least 4 members (excludes halogenated alkanes) is 8. The second-order valence-corrected chi connectivity index (χ2v) is 11.2. The molecule has 2 aromatic rings. The van der Waals surface area contributed by atoms with Gasteiger partial charge in [0.1, 0.15) is 13.6 Å². The van der Waals surface area contributed by atoms with Gasteiger partial charge in [-0.15, -0.1) is 23.2 Å². The van der Waals surface area contributed by atoms with Crippen molar-refractivity contribution < 1.29 is 14.2 Å². The lowest BCUT2D eigenvalue weighted by molar-refractivity contribution is -0.168. The zero-order chi connectivity index (χ0) is 29.1. The molecule has 0 N–H and O–H groups in total. The van der Waals surface area contributed by atoms with Crippen molar-refractivity contribution in [2.45, 2.75) is 102 Å². The Morgan fingerprint density at radius 3 is 1.29 bits per heavy atom. The maximum Gasteiger partial charge on any atom is 0.150 e. The van der Waals surface area contributed by atoms with E-state index in [-0.39, 0.29) is 25.8 Å². The maximum atomic E-state index is 6.18. The maximum absolute atomic E-state index is 6.18. The summed E-state index contributed by atoms with van der Waals surface area (Å²) in [7, 11) is 0. The highest BCUT2D eigenvalue weighted by Gasteiger charge is 2.13. The molecule has 0 saturated heterocycles. The second-order valence-electron chi connectivity index (χ2n) is 10.5. The molecule has 5 heteroatoms. The molecule has 0 heterocycles. The minimum atomic E-state index is -0.00503. The van der Waals surface area contributed by atoms with Gasteiger partial charge in [0, 0.05) is 11.8 Å². The van der Waals surface area contributed by atoms with Crippen LogP contribution in [0.15, 0.2) is 85.0 Å². The number of ether oxygens (including phenoxy) is 3. The number of hydrogen-bond acceptors (Lipinski definition) is 3. The average molecular weight is 604 g/mol. The van der Waals surface area contributed by atoms with Crippen LogP contribution in [0.5, 0.6) is 0 Å². The predicted octanol–water partition coefficient (Wildman–Crippen LogP) is 11.5. The van der Waals surface area contributed by atoms with Crippen LogP contribution >= 0.6 is 23.2 Å². The first-order valence-corrected chi connectivity index (χ1v) is 16.7. The third-order valence-electron chi connectivity index (χ3n) is 7.08. The van der Waals surface area contributed by atoms with E-state index in [9.17, 15) is 0 Å². The van der Waals surface area contributed by atoms with Crippen LogP contribution in [0.25, 0.3) is 0 Å². The van der Waals surface area contributed by atoms with Crippen LogP contribution in [0.2, 0.25) is 0 Å². The van der Waals surface area contributed by atoms with Crippen molar-refractivity contribution in [2.24, 2.45) is 0 Å². The Balaban J connectivity index is 1.72. The van der Waals surface area contributed by atoms with Gasteiger partial charge in [0.05, 0.1) is 12.2 Å². The first-order chi connectivity index (χ1) is 20.3. The average Bonchev–Trinajstić information content (AvgIpc) is 3.01. The molecule has 0 spiro atoms. The van der Waals surface area contributed by atoms with Gasteiger partial charge in [0.2, 0.25) is 0 Å². The van der Waals surface area contributed by atoms with Crippen LogP contribution in [0.4, 0.5) is 0 Å². The summed E-state index contributed by atoms with van der Waals surface area (Å²) in [5, 5.41) is 0. The van der Waals surface area contributed by atoms with E-state index in [0.29, 0.717) is 0 Å². The Morgan fingerprint density at radius 1 is 0.488 bits per heavy atom. The summed E-state index contributed by atoms with van der Waals surface area (Å²) in [5.74, 6) is 1.54. The number of halogens is 2. The van der Waals surface area contributed by atoms with Crippen molar-refractivity contribution in [1.82, 2.24) is 0 Å². The molecule has 0 saturated carbocycles. The fraction of sp³-hybridized carbons (Fsp3) is 0.556. The molecule has 3 nitrogen and oxygen atoms in total. The van der Waals surface area contributed by atoms with Crippen molar-refractivity contribution >= 4 is 23.2 Å². The fourth-order valence-corrected chi connectivity index (χ4v) is 5.09. The van der Waals surface area contributed by atoms with Crippen molar-refractivity contribution in [3.8, 4) is 0 Å². The summed E-state index contributed by atoms with van der Waals surface area (Å²) in [6.45, 7) is 0.407. The summed E-state index contributed by atoms with van der Waals surface area (Å²) >= 11 is 11.5. The summed E-state index contributed by atoms with van der Waals surface area (Å²) < 4.78 is 18.2. The molecule has 0 fully saturated rings. The van der Waals surface area contributed by atoms with Gasteiger partial charge in [0.15, 0.2) is 0 Å². The third kappa shape index (κ3) is 18.5. The second kappa shape index (κ2) is 26.0. The predicted molar refractivity (Wildman–Crippen MR) is 176 cm³/mol. The molecule has 2 unspecified atom stereocenters. The molecule has 0 aliphatic heterocycles. The molecule has 0 aliphatic carbocycles. The quantitative estimate of drug-likeness (QED) is 0.0463. The molecular formula is C36H52Cl2O3. The molecule has 0 radical (unpaired) electrons. The SMILES string of the molecule is ClCCCCCCC=CCCC(OCOCOC(CCC=CCCCCCCCl)c1ccccc1)c1ccccc1. The lowest BCUT2D eigenvalue weighted by atomic mass is 10.0. The van der Waals surface area contributed by atoms with E-state index in [0.717, 1.165) is 63.1 Å². The normalized spacial score (nSPS) is 13.3. The van der Waals surface area contributed by atoms with E-state index in [1.807, 2.05) is 12.1 Å². The number of benzene rings is 2. The molecule has 2 atom stereocenters. The number of alkyl halides is 2. The number of allylic oxidation sites excluding steroid dienone is 4. The fourth-order valence-electron chi connectivity index (χ4n) is 4.71. The van der Waals surface area contributed by atoms with Gasteiger partial charge in [-0.1, -0.05) is 111 Å². The largest absolute Gasteiger partial charge is 0.347 e. The van der Waals surface area contributed by atoms with Gasteiger partial charge >= 0.3 is 0 Å². The van der Waals surface area contributed by atoms with Crippen LogP contribution in [0.3, 0.4) is 0 Å². The minimum Gasteiger partial charge on any atom is -0.347 e. The summed E-state index contributed by atoms with van der Waals surface area (Å²) in [5.41, 5.74) is 2.36. The molecule has 228 valence electrons. The summed E-state index contributed by atoms with van der Waals surface area (Å²) in [4.78, 5) is 0. The smallest absolute Gasteiger partial charge is 0.150 e. The molecule has 2 rings (SSSR count). The summed E-state index contributed by atoms with van der Waals surface area (Å²) in [6.07, 6.45) is 24.9. The summed E-state index contributed by atoms with van der Waals surface area (Å²) in [6, 6.07) is 20.8. The molecule has 0 aliphatic rings. The Morgan fingerprint density at radius 2 is 0.878 bits per heavy atom. The molecule has 0 bridgehead atoms. The Kier molecular flexibility index (Phi) is 22.6. The number of rotatable bonds is 26. The highest BCUT2D eigenvalue weighted by Crippen LogP contribution is 2.25. The highest BCUT2D eigenvalue weighted by atomic mass is 35.5. The monoisotopic (exact) mass is 602 g/mol. The topological polar surface area (TPSA) is 27.7 Å². The van der Waals surface area contributed by atoms with Crippen LogP contribution in [0, 0.1) is 0 Å². The van der Waals surface area contributed by atoms with Gasteiger partial charge in [-0.25, -0.2) is 0 Å². The van der Waals surface area contributed by atoms with Gasteiger partial charge in [-0.3, -0.25) is 0 Å². The lowest BCUT2D eigenvalue weighted by Crippen LogP contribution is -2.12.